The number of nitrogens with zero attached hydrogens (tertiary/aromatic N) is 2. The van der Waals surface area contributed by atoms with Gasteiger partial charge in [0.1, 0.15) is 11.4 Å². The second kappa shape index (κ2) is 9.96. The van der Waals surface area contributed by atoms with Crippen LogP contribution in [0.1, 0.15) is 69.6 Å². The van der Waals surface area contributed by atoms with Crippen LogP contribution >= 0.6 is 0 Å². The van der Waals surface area contributed by atoms with Crippen molar-refractivity contribution in [3.8, 4) is 0 Å². The highest BCUT2D eigenvalue weighted by Gasteiger charge is 2.35. The zero-order chi connectivity index (χ0) is 26.3. The molecule has 8 heteroatoms. The van der Waals surface area contributed by atoms with Crippen LogP contribution in [0, 0.1) is 29.6 Å². The monoisotopic (exact) mass is 501 g/mol. The lowest BCUT2D eigenvalue weighted by Gasteiger charge is -2.35. The summed E-state index contributed by atoms with van der Waals surface area (Å²) in [6, 6.07) is 3.22. The van der Waals surface area contributed by atoms with Gasteiger partial charge < -0.3 is 10.4 Å². The zero-order valence-corrected chi connectivity index (χ0v) is 21.1. The first-order valence-corrected chi connectivity index (χ1v) is 12.6. The topological polar surface area (TPSA) is 74.6 Å². The molecule has 5 nitrogen and oxygen atoms in total. The number of allylic oxidation sites excluding steroid dienone is 4. The molecule has 194 valence electrons. The largest absolute Gasteiger partial charge is 0.433 e. The number of aromatic nitrogens is 1. The van der Waals surface area contributed by atoms with E-state index in [2.05, 4.69) is 30.2 Å². The van der Waals surface area contributed by atoms with Crippen LogP contribution in [0.4, 0.5) is 13.2 Å². The minimum absolute atomic E-state index is 0.0730. The smallest absolute Gasteiger partial charge is 0.386 e. The maximum absolute atomic E-state index is 13.1. The molecule has 0 radical (unpaired) electrons. The molecule has 1 aromatic heterocycles. The van der Waals surface area contributed by atoms with Gasteiger partial charge in [0.15, 0.2) is 0 Å². The third-order valence-corrected chi connectivity index (χ3v) is 7.52. The van der Waals surface area contributed by atoms with Crippen LogP contribution in [-0.4, -0.2) is 27.8 Å². The number of pyridine rings is 1. The van der Waals surface area contributed by atoms with E-state index in [-0.39, 0.29) is 17.5 Å². The number of aliphatic hydroxyl groups is 1. The fraction of sp³-hybridized carbons (Fsp3) is 0.536. The third-order valence-electron chi connectivity index (χ3n) is 7.52. The van der Waals surface area contributed by atoms with Crippen molar-refractivity contribution in [1.29, 1.82) is 0 Å². The van der Waals surface area contributed by atoms with Gasteiger partial charge in [0.25, 0.3) is 5.91 Å². The molecule has 0 aromatic carbocycles. The van der Waals surface area contributed by atoms with Crippen molar-refractivity contribution in [2.75, 3.05) is 0 Å². The van der Waals surface area contributed by atoms with Gasteiger partial charge in [-0.15, -0.1) is 0 Å². The second-order valence-corrected chi connectivity index (χ2v) is 11.0. The number of amides is 1. The lowest BCUT2D eigenvalue weighted by molar-refractivity contribution is -0.141. The van der Waals surface area contributed by atoms with E-state index in [1.807, 2.05) is 18.4 Å². The summed E-state index contributed by atoms with van der Waals surface area (Å²) >= 11 is 0. The predicted molar refractivity (Wildman–Crippen MR) is 133 cm³/mol. The van der Waals surface area contributed by atoms with Gasteiger partial charge in [0.05, 0.1) is 5.60 Å². The zero-order valence-electron chi connectivity index (χ0n) is 21.1. The van der Waals surface area contributed by atoms with Gasteiger partial charge in [-0.05, 0) is 63.5 Å². The van der Waals surface area contributed by atoms with Crippen LogP contribution in [0.15, 0.2) is 58.4 Å². The molecule has 2 atom stereocenters. The Morgan fingerprint density at radius 2 is 1.75 bits per heavy atom. The number of carbonyl (C=O) groups is 1. The number of nitrogens with one attached hydrogen (secondary N) is 1. The van der Waals surface area contributed by atoms with E-state index in [4.69, 9.17) is 4.99 Å². The molecule has 0 saturated heterocycles. The first kappa shape index (κ1) is 26.3. The fourth-order valence-corrected chi connectivity index (χ4v) is 5.37. The van der Waals surface area contributed by atoms with E-state index in [0.29, 0.717) is 23.1 Å². The van der Waals surface area contributed by atoms with Crippen molar-refractivity contribution < 1.29 is 23.1 Å². The maximum atomic E-state index is 13.1. The summed E-state index contributed by atoms with van der Waals surface area (Å²) in [7, 11) is 0. The number of alkyl halides is 3. The molecule has 1 aliphatic heterocycles. The summed E-state index contributed by atoms with van der Waals surface area (Å²) in [6.45, 7) is 7.77. The summed E-state index contributed by atoms with van der Waals surface area (Å²) in [5.41, 5.74) is -0.828. The normalized spacial score (nSPS) is 26.6. The van der Waals surface area contributed by atoms with Gasteiger partial charge in [-0.3, -0.25) is 9.79 Å². The first-order valence-electron chi connectivity index (χ1n) is 12.6. The molecule has 1 aromatic rings. The Labute approximate surface area is 210 Å². The SMILES string of the molecule is CC(C)C1CCC(C2=CC3C=C(NC(=O)c4cccc(C(F)(F)F)n4)C(C(C)(C)O)=CC3C=N2)CC1. The predicted octanol–water partition coefficient (Wildman–Crippen LogP) is 6.09. The van der Waals surface area contributed by atoms with Crippen LogP contribution in [0.25, 0.3) is 0 Å². The lowest BCUT2D eigenvalue weighted by atomic mass is 9.74. The Bertz CT molecular complexity index is 1120. The van der Waals surface area contributed by atoms with Crippen molar-refractivity contribution in [2.45, 2.75) is 65.2 Å². The molecular formula is C28H34F3N3O2. The molecule has 3 aliphatic rings. The van der Waals surface area contributed by atoms with Gasteiger partial charge in [0.2, 0.25) is 0 Å². The van der Waals surface area contributed by atoms with Gasteiger partial charge in [-0.25, -0.2) is 4.98 Å². The molecule has 1 saturated carbocycles. The van der Waals surface area contributed by atoms with E-state index in [1.54, 1.807) is 13.8 Å². The Morgan fingerprint density at radius 1 is 1.06 bits per heavy atom. The molecular weight excluding hydrogens is 467 g/mol. The number of fused-ring (bicyclic) bond motifs is 1. The Hall–Kier alpha value is -2.74. The fourth-order valence-electron chi connectivity index (χ4n) is 5.37. The maximum Gasteiger partial charge on any atom is 0.433 e. The molecule has 2 aliphatic carbocycles. The molecule has 0 spiro atoms. The molecule has 1 amide bonds. The van der Waals surface area contributed by atoms with Crippen LogP contribution in [0.5, 0.6) is 0 Å². The summed E-state index contributed by atoms with van der Waals surface area (Å²) in [6.07, 6.45) is 7.72. The van der Waals surface area contributed by atoms with Crippen molar-refractivity contribution >= 4 is 12.1 Å². The number of rotatable bonds is 5. The van der Waals surface area contributed by atoms with Gasteiger partial charge in [-0.2, -0.15) is 13.2 Å². The molecule has 2 unspecified atom stereocenters. The summed E-state index contributed by atoms with van der Waals surface area (Å²) in [5.74, 6) is 0.925. The molecule has 4 rings (SSSR count). The van der Waals surface area contributed by atoms with E-state index in [1.165, 1.54) is 18.9 Å². The van der Waals surface area contributed by atoms with Crippen molar-refractivity contribution in [1.82, 2.24) is 10.3 Å². The van der Waals surface area contributed by atoms with Crippen LogP contribution in [0.3, 0.4) is 0 Å². The quantitative estimate of drug-likeness (QED) is 0.513. The molecule has 2 heterocycles. The lowest BCUT2D eigenvalue weighted by Crippen LogP contribution is -2.36. The Morgan fingerprint density at radius 3 is 2.36 bits per heavy atom. The van der Waals surface area contributed by atoms with Crippen LogP contribution in [-0.2, 0) is 6.18 Å². The Kier molecular flexibility index (Phi) is 7.28. The molecule has 1 fully saturated rings. The molecule has 2 N–H and O–H groups in total. The number of aliphatic imine (C=N–C) groups is 1. The number of carbonyl (C=O) groups excluding carboxylic acids is 1. The van der Waals surface area contributed by atoms with E-state index in [9.17, 15) is 23.1 Å². The first-order chi connectivity index (χ1) is 16.8. The molecule has 0 bridgehead atoms. The highest BCUT2D eigenvalue weighted by Crippen LogP contribution is 2.41. The van der Waals surface area contributed by atoms with Gasteiger partial charge in [-0.1, -0.05) is 38.1 Å². The van der Waals surface area contributed by atoms with Gasteiger partial charge >= 0.3 is 6.18 Å². The third kappa shape index (κ3) is 5.80. The summed E-state index contributed by atoms with van der Waals surface area (Å²) < 4.78 is 39.2. The minimum atomic E-state index is -4.65. The van der Waals surface area contributed by atoms with Crippen molar-refractivity contribution in [2.24, 2.45) is 34.6 Å². The molecule has 36 heavy (non-hydrogen) atoms. The van der Waals surface area contributed by atoms with E-state index < -0.39 is 23.4 Å². The number of hydrogen-bond acceptors (Lipinski definition) is 4. The second-order valence-electron chi connectivity index (χ2n) is 11.0. The number of hydrogen-bond donors (Lipinski definition) is 2. The number of halogens is 3. The van der Waals surface area contributed by atoms with Crippen LogP contribution < -0.4 is 5.32 Å². The summed E-state index contributed by atoms with van der Waals surface area (Å²) in [4.78, 5) is 21.1. The Balaban J connectivity index is 1.57. The van der Waals surface area contributed by atoms with Crippen LogP contribution in [0.2, 0.25) is 0 Å². The van der Waals surface area contributed by atoms with E-state index >= 15 is 0 Å². The minimum Gasteiger partial charge on any atom is -0.386 e. The average Bonchev–Trinajstić information content (AvgIpc) is 2.82. The van der Waals surface area contributed by atoms with Gasteiger partial charge in [0, 0.05) is 40.9 Å². The highest BCUT2D eigenvalue weighted by atomic mass is 19.4. The van der Waals surface area contributed by atoms with Crippen molar-refractivity contribution in [3.63, 3.8) is 0 Å². The standard InChI is InChI=1S/C28H34F3N3O2/c1-16(2)17-8-10-18(11-9-17)23-13-19-14-24(21(27(3,4)36)12-20(19)15-32-23)34-26(35)22-6-5-7-25(33-22)28(29,30)31/h5-7,12-20,36H,8-11H2,1-4H3,(H,34,35). The van der Waals surface area contributed by atoms with E-state index in [0.717, 1.165) is 36.6 Å². The highest BCUT2D eigenvalue weighted by molar-refractivity contribution is 5.94. The average molecular weight is 502 g/mol. The summed E-state index contributed by atoms with van der Waals surface area (Å²) in [5, 5.41) is 13.5. The van der Waals surface area contributed by atoms with Crippen molar-refractivity contribution in [3.05, 3.63) is 64.8 Å².